The van der Waals surface area contributed by atoms with Gasteiger partial charge in [0.25, 0.3) is 0 Å². The standard InChI is InChI=1S/C24H19F6N3O4S2/c1-2-37-21(36)18(11-31)22(38-12-19(34)32-16-7-3-5-14(9-16)23(25,26)27)39-13-20(35)33-17-8-4-6-15(10-17)24(28,29)30/h3-10H,2,12-13H2,1H3,(H,32,34)(H,33,35). The summed E-state index contributed by atoms with van der Waals surface area (Å²) in [6, 6.07) is 9.41. The highest BCUT2D eigenvalue weighted by atomic mass is 32.2. The fourth-order valence-electron chi connectivity index (χ4n) is 2.77. The summed E-state index contributed by atoms with van der Waals surface area (Å²) in [4.78, 5) is 36.9. The van der Waals surface area contributed by atoms with Crippen molar-refractivity contribution in [1.29, 1.82) is 5.26 Å². The van der Waals surface area contributed by atoms with Gasteiger partial charge in [-0.3, -0.25) is 9.59 Å². The van der Waals surface area contributed by atoms with Crippen molar-refractivity contribution in [1.82, 2.24) is 0 Å². The van der Waals surface area contributed by atoms with Crippen LogP contribution in [0.2, 0.25) is 0 Å². The van der Waals surface area contributed by atoms with E-state index in [-0.39, 0.29) is 22.2 Å². The highest BCUT2D eigenvalue weighted by Crippen LogP contribution is 2.34. The van der Waals surface area contributed by atoms with E-state index < -0.39 is 58.3 Å². The topological polar surface area (TPSA) is 108 Å². The molecule has 0 heterocycles. The fourth-order valence-corrected chi connectivity index (χ4v) is 4.67. The van der Waals surface area contributed by atoms with Crippen LogP contribution < -0.4 is 10.6 Å². The van der Waals surface area contributed by atoms with Gasteiger partial charge in [0.15, 0.2) is 5.57 Å². The maximum absolute atomic E-state index is 12.9. The molecule has 2 aromatic carbocycles. The number of halogens is 6. The third kappa shape index (κ3) is 10.2. The van der Waals surface area contributed by atoms with Crippen LogP contribution in [0, 0.1) is 11.3 Å². The number of nitrogens with one attached hydrogen (secondary N) is 2. The lowest BCUT2D eigenvalue weighted by molar-refractivity contribution is -0.138. The van der Waals surface area contributed by atoms with E-state index in [4.69, 9.17) is 4.74 Å². The Morgan fingerprint density at radius 3 is 1.64 bits per heavy atom. The second-order valence-corrected chi connectivity index (χ2v) is 9.56. The molecule has 0 aliphatic heterocycles. The number of rotatable bonds is 10. The van der Waals surface area contributed by atoms with Gasteiger partial charge in [0.1, 0.15) is 6.07 Å². The Bertz CT molecular complexity index is 1210. The molecule has 15 heteroatoms. The van der Waals surface area contributed by atoms with Gasteiger partial charge in [0.2, 0.25) is 11.8 Å². The Hall–Kier alpha value is -3.64. The Morgan fingerprint density at radius 1 is 0.846 bits per heavy atom. The Labute approximate surface area is 227 Å². The van der Waals surface area contributed by atoms with E-state index >= 15 is 0 Å². The molecule has 0 aliphatic rings. The lowest BCUT2D eigenvalue weighted by Crippen LogP contribution is -2.17. The van der Waals surface area contributed by atoms with Crippen molar-refractivity contribution in [2.75, 3.05) is 28.7 Å². The molecular weight excluding hydrogens is 572 g/mol. The molecule has 208 valence electrons. The predicted molar refractivity (Wildman–Crippen MR) is 134 cm³/mol. The van der Waals surface area contributed by atoms with Crippen LogP contribution in [0.3, 0.4) is 0 Å². The number of ether oxygens (including phenoxy) is 1. The number of amides is 2. The molecule has 2 amide bonds. The molecule has 39 heavy (non-hydrogen) atoms. The highest BCUT2D eigenvalue weighted by Gasteiger charge is 2.31. The monoisotopic (exact) mass is 591 g/mol. The van der Waals surface area contributed by atoms with Gasteiger partial charge >= 0.3 is 18.3 Å². The van der Waals surface area contributed by atoms with Crippen LogP contribution in [0.4, 0.5) is 37.7 Å². The van der Waals surface area contributed by atoms with Gasteiger partial charge in [0, 0.05) is 11.4 Å². The van der Waals surface area contributed by atoms with Crippen LogP contribution in [0.15, 0.2) is 58.3 Å². The maximum Gasteiger partial charge on any atom is 0.416 e. The van der Waals surface area contributed by atoms with E-state index in [9.17, 15) is 46.0 Å². The molecule has 2 N–H and O–H groups in total. The molecule has 0 spiro atoms. The molecule has 0 unspecified atom stereocenters. The number of hydrogen-bond acceptors (Lipinski definition) is 7. The molecule has 0 saturated carbocycles. The molecule has 0 bridgehead atoms. The summed E-state index contributed by atoms with van der Waals surface area (Å²) in [7, 11) is 0. The summed E-state index contributed by atoms with van der Waals surface area (Å²) >= 11 is 1.31. The molecule has 0 saturated heterocycles. The molecule has 0 fully saturated rings. The van der Waals surface area contributed by atoms with Crippen molar-refractivity contribution in [3.63, 3.8) is 0 Å². The van der Waals surface area contributed by atoms with Crippen LogP contribution >= 0.6 is 23.5 Å². The average Bonchev–Trinajstić information content (AvgIpc) is 2.85. The number of thioether (sulfide) groups is 2. The lowest BCUT2D eigenvalue weighted by Gasteiger charge is -2.12. The number of nitrogens with zero attached hydrogens (tertiary/aromatic N) is 1. The van der Waals surface area contributed by atoms with Crippen molar-refractivity contribution in [2.45, 2.75) is 19.3 Å². The van der Waals surface area contributed by atoms with E-state index in [0.29, 0.717) is 23.5 Å². The average molecular weight is 592 g/mol. The van der Waals surface area contributed by atoms with Crippen molar-refractivity contribution in [2.24, 2.45) is 0 Å². The molecule has 2 rings (SSSR count). The van der Waals surface area contributed by atoms with Crippen LogP contribution in [0.5, 0.6) is 0 Å². The summed E-state index contributed by atoms with van der Waals surface area (Å²) in [6.07, 6.45) is -9.25. The lowest BCUT2D eigenvalue weighted by atomic mass is 10.2. The minimum absolute atomic E-state index is 0.0846. The van der Waals surface area contributed by atoms with Crippen LogP contribution in [-0.2, 0) is 31.5 Å². The van der Waals surface area contributed by atoms with Gasteiger partial charge in [-0.25, -0.2) is 4.79 Å². The maximum atomic E-state index is 12.9. The smallest absolute Gasteiger partial charge is 0.416 e. The number of nitriles is 1. The zero-order valence-corrected chi connectivity index (χ0v) is 21.5. The first-order valence-corrected chi connectivity index (χ1v) is 12.7. The second kappa shape index (κ2) is 13.9. The third-order valence-corrected chi connectivity index (χ3v) is 6.86. The summed E-state index contributed by atoms with van der Waals surface area (Å²) < 4.78 is 82.1. The fraction of sp³-hybridized carbons (Fsp3) is 0.250. The quantitative estimate of drug-likeness (QED) is 0.150. The second-order valence-electron chi connectivity index (χ2n) is 7.33. The predicted octanol–water partition coefficient (Wildman–Crippen LogP) is 6.07. The minimum Gasteiger partial charge on any atom is -0.462 e. The first-order chi connectivity index (χ1) is 18.2. The third-order valence-electron chi connectivity index (χ3n) is 4.41. The Balaban J connectivity index is 2.13. The number of hydrogen-bond donors (Lipinski definition) is 2. The van der Waals surface area contributed by atoms with Crippen LogP contribution in [0.1, 0.15) is 18.1 Å². The summed E-state index contributed by atoms with van der Waals surface area (Å²) in [5, 5.41) is 14.0. The van der Waals surface area contributed by atoms with Gasteiger partial charge in [-0.1, -0.05) is 12.1 Å². The largest absolute Gasteiger partial charge is 0.462 e. The number of benzene rings is 2. The summed E-state index contributed by atoms with van der Waals surface area (Å²) in [5.41, 5.74) is -2.76. The molecule has 0 atom stereocenters. The van der Waals surface area contributed by atoms with Crippen LogP contribution in [-0.4, -0.2) is 35.9 Å². The van der Waals surface area contributed by atoms with E-state index in [1.54, 1.807) is 6.07 Å². The first-order valence-electron chi connectivity index (χ1n) is 10.8. The molecule has 0 aromatic heterocycles. The molecular formula is C24H19F6N3O4S2. The molecule has 0 radical (unpaired) electrons. The molecule has 2 aromatic rings. The van der Waals surface area contributed by atoms with Gasteiger partial charge in [-0.15, -0.1) is 23.5 Å². The zero-order chi connectivity index (χ0) is 29.2. The van der Waals surface area contributed by atoms with Gasteiger partial charge < -0.3 is 15.4 Å². The van der Waals surface area contributed by atoms with E-state index in [1.165, 1.54) is 19.1 Å². The summed E-state index contributed by atoms with van der Waals surface area (Å²) in [5.74, 6) is -3.50. The number of esters is 1. The zero-order valence-electron chi connectivity index (χ0n) is 19.9. The van der Waals surface area contributed by atoms with E-state index in [1.807, 2.05) is 0 Å². The van der Waals surface area contributed by atoms with E-state index in [0.717, 1.165) is 36.4 Å². The number of carbonyl (C=O) groups is 3. The molecule has 7 nitrogen and oxygen atoms in total. The van der Waals surface area contributed by atoms with Crippen molar-refractivity contribution < 1.29 is 45.5 Å². The van der Waals surface area contributed by atoms with Crippen LogP contribution in [0.25, 0.3) is 0 Å². The highest BCUT2D eigenvalue weighted by molar-refractivity contribution is 8.22. The Morgan fingerprint density at radius 2 is 1.28 bits per heavy atom. The summed E-state index contributed by atoms with van der Waals surface area (Å²) in [6.45, 7) is 1.40. The van der Waals surface area contributed by atoms with E-state index in [2.05, 4.69) is 10.6 Å². The number of carbonyl (C=O) groups excluding carboxylic acids is 3. The van der Waals surface area contributed by atoms with Gasteiger partial charge in [-0.05, 0) is 43.3 Å². The first kappa shape index (κ1) is 31.6. The van der Waals surface area contributed by atoms with Crippen molar-refractivity contribution >= 4 is 52.7 Å². The van der Waals surface area contributed by atoms with Gasteiger partial charge in [0.05, 0.1) is 33.5 Å². The normalized spacial score (nSPS) is 11.2. The SMILES string of the molecule is CCOC(=O)C(C#N)=C(SCC(=O)Nc1cccc(C(F)(F)F)c1)SCC(=O)Nc1cccc(C(F)(F)F)c1. The van der Waals surface area contributed by atoms with Crippen molar-refractivity contribution in [3.05, 3.63) is 69.5 Å². The Kier molecular flexibility index (Phi) is 11.3. The minimum atomic E-state index is -4.63. The number of anilines is 2. The molecule has 0 aliphatic carbocycles. The van der Waals surface area contributed by atoms with Crippen molar-refractivity contribution in [3.8, 4) is 6.07 Å². The number of alkyl halides is 6. The van der Waals surface area contributed by atoms with Gasteiger partial charge in [-0.2, -0.15) is 31.6 Å².